The van der Waals surface area contributed by atoms with Crippen LogP contribution in [0.2, 0.25) is 0 Å². The van der Waals surface area contributed by atoms with E-state index < -0.39 is 9.84 Å². The second-order valence-electron chi connectivity index (χ2n) is 4.43. The van der Waals surface area contributed by atoms with Crippen LogP contribution in [0.5, 0.6) is 0 Å². The van der Waals surface area contributed by atoms with E-state index in [4.69, 9.17) is 0 Å². The van der Waals surface area contributed by atoms with Crippen LogP contribution >= 0.6 is 0 Å². The van der Waals surface area contributed by atoms with Crippen molar-refractivity contribution in [2.24, 2.45) is 7.05 Å². The summed E-state index contributed by atoms with van der Waals surface area (Å²) in [6.45, 7) is 1.99. The number of fused-ring (bicyclic) bond motifs is 3. The van der Waals surface area contributed by atoms with Crippen LogP contribution in [0, 0.1) is 13.0 Å². The third-order valence-electron chi connectivity index (χ3n) is 3.23. The standard InChI is InChI=1S/C12H12NO2S.Y/c1-8-3-4-9-10-6-16(14,15)7-12(10)13(2)11(9)5-8;/h4-5H,6-7H2,1-2H3;/q-1;. The van der Waals surface area contributed by atoms with E-state index >= 15 is 0 Å². The van der Waals surface area contributed by atoms with Gasteiger partial charge in [0.25, 0.3) is 0 Å². The van der Waals surface area contributed by atoms with Crippen LogP contribution in [-0.4, -0.2) is 13.0 Å². The van der Waals surface area contributed by atoms with Crippen LogP contribution in [0.3, 0.4) is 0 Å². The van der Waals surface area contributed by atoms with Crippen molar-refractivity contribution in [3.63, 3.8) is 0 Å². The second kappa shape index (κ2) is 4.18. The molecule has 17 heavy (non-hydrogen) atoms. The van der Waals surface area contributed by atoms with Crippen molar-refractivity contribution < 1.29 is 41.1 Å². The normalized spacial score (nSPS) is 16.8. The molecule has 5 heteroatoms. The third-order valence-corrected chi connectivity index (χ3v) is 4.68. The number of nitrogens with zero attached hydrogens (tertiary/aromatic N) is 1. The topological polar surface area (TPSA) is 39.1 Å². The quantitative estimate of drug-likeness (QED) is 0.693. The summed E-state index contributed by atoms with van der Waals surface area (Å²) < 4.78 is 25.2. The summed E-state index contributed by atoms with van der Waals surface area (Å²) in [5.74, 6) is 0.350. The predicted molar refractivity (Wildman–Crippen MR) is 62.8 cm³/mol. The van der Waals surface area contributed by atoms with Crippen LogP contribution < -0.4 is 0 Å². The van der Waals surface area contributed by atoms with Crippen molar-refractivity contribution in [2.75, 3.05) is 0 Å². The summed E-state index contributed by atoms with van der Waals surface area (Å²) in [7, 11) is -0.989. The predicted octanol–water partition coefficient (Wildman–Crippen LogP) is 1.71. The molecule has 0 spiro atoms. The molecule has 2 heterocycles. The smallest absolute Gasteiger partial charge is 0.159 e. The maximum absolute atomic E-state index is 11.6. The number of aromatic nitrogens is 1. The summed E-state index contributed by atoms with van der Waals surface area (Å²) in [5, 5.41) is 1.03. The number of sulfone groups is 1. The van der Waals surface area contributed by atoms with E-state index in [9.17, 15) is 8.42 Å². The van der Waals surface area contributed by atoms with Gasteiger partial charge in [0.15, 0.2) is 9.84 Å². The fourth-order valence-electron chi connectivity index (χ4n) is 2.43. The molecule has 0 unspecified atom stereocenters. The van der Waals surface area contributed by atoms with Gasteiger partial charge in [-0.25, -0.2) is 8.42 Å². The van der Waals surface area contributed by atoms with E-state index in [1.54, 1.807) is 0 Å². The average Bonchev–Trinajstić information content (AvgIpc) is 2.62. The van der Waals surface area contributed by atoms with Gasteiger partial charge in [-0.2, -0.15) is 17.7 Å². The molecule has 0 saturated carbocycles. The molecule has 0 N–H and O–H groups in total. The van der Waals surface area contributed by atoms with Crippen molar-refractivity contribution in [1.82, 2.24) is 4.57 Å². The average molecular weight is 323 g/mol. The summed E-state index contributed by atoms with van der Waals surface area (Å²) in [5.41, 5.74) is 4.09. The van der Waals surface area contributed by atoms with Gasteiger partial charge in [-0.3, -0.25) is 0 Å². The molecule has 1 radical (unpaired) electrons. The molecule has 0 atom stereocenters. The Hall–Kier alpha value is -0.186. The molecule has 3 rings (SSSR count). The molecule has 87 valence electrons. The maximum atomic E-state index is 11.6. The Kier molecular flexibility index (Phi) is 3.26. The zero-order valence-electron chi connectivity index (χ0n) is 9.82. The number of hydrogen-bond acceptors (Lipinski definition) is 2. The Labute approximate surface area is 126 Å². The fourth-order valence-corrected chi connectivity index (χ4v) is 4.08. The van der Waals surface area contributed by atoms with Crippen molar-refractivity contribution in [1.29, 1.82) is 0 Å². The summed E-state index contributed by atoms with van der Waals surface area (Å²) >= 11 is 0. The van der Waals surface area contributed by atoms with Crippen LogP contribution in [0.15, 0.2) is 12.1 Å². The first-order valence-electron chi connectivity index (χ1n) is 5.17. The molecule has 1 aromatic carbocycles. The third kappa shape index (κ3) is 2.00. The van der Waals surface area contributed by atoms with Crippen LogP contribution in [0.4, 0.5) is 0 Å². The molecule has 1 aromatic heterocycles. The minimum Gasteiger partial charge on any atom is -0.370 e. The zero-order chi connectivity index (χ0) is 11.5. The second-order valence-corrected chi connectivity index (χ2v) is 6.50. The van der Waals surface area contributed by atoms with Gasteiger partial charge in [0.2, 0.25) is 0 Å². The van der Waals surface area contributed by atoms with Gasteiger partial charge in [-0.1, -0.05) is 18.0 Å². The Morgan fingerprint density at radius 3 is 2.76 bits per heavy atom. The first kappa shape index (κ1) is 13.3. The first-order valence-corrected chi connectivity index (χ1v) is 6.99. The van der Waals surface area contributed by atoms with Gasteiger partial charge in [0.1, 0.15) is 0 Å². The molecule has 0 fully saturated rings. The summed E-state index contributed by atoms with van der Waals surface area (Å²) in [6, 6.07) is 7.10. The van der Waals surface area contributed by atoms with Crippen molar-refractivity contribution in [2.45, 2.75) is 18.4 Å². The maximum Gasteiger partial charge on any atom is 0.159 e. The van der Waals surface area contributed by atoms with E-state index in [1.807, 2.05) is 24.6 Å². The minimum atomic E-state index is -2.92. The molecule has 0 bridgehead atoms. The van der Waals surface area contributed by atoms with Gasteiger partial charge in [0.05, 0.1) is 11.5 Å². The van der Waals surface area contributed by atoms with Crippen LogP contribution in [0.25, 0.3) is 10.9 Å². The molecule has 0 aliphatic carbocycles. The monoisotopic (exact) mass is 323 g/mol. The molecular formula is C12H12NO2SY-. The van der Waals surface area contributed by atoms with Gasteiger partial charge >= 0.3 is 0 Å². The van der Waals surface area contributed by atoms with Crippen molar-refractivity contribution >= 4 is 20.7 Å². The number of aryl methyl sites for hydroxylation is 2. The van der Waals surface area contributed by atoms with E-state index in [0.717, 1.165) is 27.7 Å². The molecule has 0 amide bonds. The van der Waals surface area contributed by atoms with Gasteiger partial charge < -0.3 is 4.57 Å². The molecule has 1 aliphatic heterocycles. The molecule has 0 saturated heterocycles. The Bertz CT molecular complexity index is 701. The van der Waals surface area contributed by atoms with Gasteiger partial charge in [-0.15, -0.1) is 11.5 Å². The van der Waals surface area contributed by atoms with E-state index in [0.29, 0.717) is 0 Å². The Balaban J connectivity index is 0.00000108. The van der Waals surface area contributed by atoms with Crippen molar-refractivity contribution in [3.05, 3.63) is 35.0 Å². The Morgan fingerprint density at radius 2 is 2.06 bits per heavy atom. The largest absolute Gasteiger partial charge is 0.370 e. The van der Waals surface area contributed by atoms with E-state index in [2.05, 4.69) is 12.1 Å². The summed E-state index contributed by atoms with van der Waals surface area (Å²) in [6.07, 6.45) is 0. The van der Waals surface area contributed by atoms with Gasteiger partial charge in [0, 0.05) is 45.5 Å². The SMILES string of the molecule is Cc1[c-]cc2c3c(n(C)c2c1)CS(=O)(=O)C3.[Y]. The minimum absolute atomic E-state index is 0. The number of rotatable bonds is 0. The Morgan fingerprint density at radius 1 is 1.35 bits per heavy atom. The van der Waals surface area contributed by atoms with E-state index in [1.165, 1.54) is 0 Å². The molecule has 2 aromatic rings. The fraction of sp³-hybridized carbons (Fsp3) is 0.333. The zero-order valence-corrected chi connectivity index (χ0v) is 13.5. The number of hydrogen-bond donors (Lipinski definition) is 0. The molecule has 3 nitrogen and oxygen atoms in total. The van der Waals surface area contributed by atoms with Gasteiger partial charge in [-0.05, 0) is 0 Å². The molecule has 1 aliphatic rings. The summed E-state index contributed by atoms with van der Waals surface area (Å²) in [4.78, 5) is 0. The molecular weight excluding hydrogens is 311 g/mol. The first-order chi connectivity index (χ1) is 7.48. The van der Waals surface area contributed by atoms with Crippen LogP contribution in [0.1, 0.15) is 16.8 Å². The van der Waals surface area contributed by atoms with E-state index in [-0.39, 0.29) is 44.2 Å². The number of benzene rings is 1. The van der Waals surface area contributed by atoms with Crippen LogP contribution in [-0.2, 0) is 61.1 Å². The van der Waals surface area contributed by atoms with Crippen molar-refractivity contribution in [3.8, 4) is 0 Å².